The van der Waals surface area contributed by atoms with Crippen LogP contribution in [0.5, 0.6) is 0 Å². The van der Waals surface area contributed by atoms with Gasteiger partial charge in [0, 0.05) is 5.52 Å². The van der Waals surface area contributed by atoms with Gasteiger partial charge in [-0.25, -0.2) is 0 Å². The zero-order valence-electron chi connectivity index (χ0n) is 14.9. The Balaban J connectivity index is 1.59. The fourth-order valence-corrected chi connectivity index (χ4v) is 3.87. The van der Waals surface area contributed by atoms with Crippen LogP contribution < -0.4 is 5.56 Å². The van der Waals surface area contributed by atoms with Crippen molar-refractivity contribution in [3.8, 4) is 0 Å². The molecule has 4 rings (SSSR count). The number of pyridine rings is 1. The van der Waals surface area contributed by atoms with Crippen molar-refractivity contribution in [3.63, 3.8) is 0 Å². The number of esters is 1. The zero-order valence-corrected chi connectivity index (χ0v) is 14.9. The molecular weight excluding hydrogens is 326 g/mol. The molecule has 1 atom stereocenters. The highest BCUT2D eigenvalue weighted by atomic mass is 16.5. The molecule has 0 bridgehead atoms. The first-order chi connectivity index (χ1) is 12.4. The first kappa shape index (κ1) is 16.6. The van der Waals surface area contributed by atoms with Crippen molar-refractivity contribution < 1.29 is 9.53 Å². The number of H-pyrrole nitrogens is 1. The lowest BCUT2D eigenvalue weighted by Crippen LogP contribution is -2.29. The fourth-order valence-electron chi connectivity index (χ4n) is 3.87. The molecule has 1 unspecified atom stereocenters. The monoisotopic (exact) mass is 347 g/mol. The van der Waals surface area contributed by atoms with Crippen LogP contribution in [0.25, 0.3) is 10.9 Å². The van der Waals surface area contributed by atoms with E-state index in [0.717, 1.165) is 22.9 Å². The van der Waals surface area contributed by atoms with E-state index in [1.165, 1.54) is 0 Å². The second kappa shape index (κ2) is 5.84. The van der Waals surface area contributed by atoms with Crippen LogP contribution in [-0.2, 0) is 21.6 Å². The van der Waals surface area contributed by atoms with Crippen LogP contribution in [0.15, 0.2) is 65.5 Å². The maximum atomic E-state index is 13.0. The maximum Gasteiger partial charge on any atom is 0.317 e. The number of aromatic amines is 1. The average molecular weight is 347 g/mol. The van der Waals surface area contributed by atoms with Crippen LogP contribution >= 0.6 is 0 Å². The molecule has 0 saturated heterocycles. The summed E-state index contributed by atoms with van der Waals surface area (Å²) in [6.45, 7) is 4.12. The van der Waals surface area contributed by atoms with Crippen LogP contribution in [-0.4, -0.2) is 11.0 Å². The Labute approximate surface area is 151 Å². The smallest absolute Gasteiger partial charge is 0.317 e. The molecule has 1 aliphatic carbocycles. The normalized spacial score (nSPS) is 20.7. The minimum atomic E-state index is -0.627. The van der Waals surface area contributed by atoms with E-state index >= 15 is 0 Å². The number of hydrogen-bond acceptors (Lipinski definition) is 3. The molecule has 0 amide bonds. The van der Waals surface area contributed by atoms with E-state index in [0.29, 0.717) is 5.56 Å². The first-order valence-electron chi connectivity index (χ1n) is 8.78. The van der Waals surface area contributed by atoms with Crippen molar-refractivity contribution in [1.82, 2.24) is 4.98 Å². The summed E-state index contributed by atoms with van der Waals surface area (Å²) in [5.41, 5.74) is 1.21. The van der Waals surface area contributed by atoms with Gasteiger partial charge in [-0.2, -0.15) is 0 Å². The number of nitrogens with one attached hydrogen (secondary N) is 1. The van der Waals surface area contributed by atoms with Gasteiger partial charge in [-0.1, -0.05) is 62.4 Å². The summed E-state index contributed by atoms with van der Waals surface area (Å²) in [5, 5.41) is 0.919. The lowest BCUT2D eigenvalue weighted by atomic mass is 9.88. The van der Waals surface area contributed by atoms with Crippen LogP contribution in [0.1, 0.15) is 31.4 Å². The third-order valence-corrected chi connectivity index (χ3v) is 5.54. The largest absolute Gasteiger partial charge is 0.460 e. The summed E-state index contributed by atoms with van der Waals surface area (Å²) in [6, 6.07) is 19.1. The predicted molar refractivity (Wildman–Crippen MR) is 101 cm³/mol. The molecule has 2 aromatic carbocycles. The molecule has 132 valence electrons. The molecular formula is C22H21NO3. The van der Waals surface area contributed by atoms with Gasteiger partial charge in [0.1, 0.15) is 6.61 Å². The highest BCUT2D eigenvalue weighted by molar-refractivity contribution is 5.88. The van der Waals surface area contributed by atoms with Crippen molar-refractivity contribution in [2.24, 2.45) is 5.41 Å². The van der Waals surface area contributed by atoms with Gasteiger partial charge in [-0.3, -0.25) is 9.59 Å². The lowest BCUT2D eigenvalue weighted by molar-refractivity contribution is -0.149. The highest BCUT2D eigenvalue weighted by Gasteiger charge is 2.68. The number of carbonyl (C=O) groups excluding carboxylic acids is 1. The maximum absolute atomic E-state index is 13.0. The number of fused-ring (bicyclic) bond motifs is 1. The topological polar surface area (TPSA) is 59.2 Å². The van der Waals surface area contributed by atoms with Crippen LogP contribution in [0, 0.1) is 5.41 Å². The third kappa shape index (κ3) is 2.53. The molecule has 1 fully saturated rings. The Morgan fingerprint density at radius 2 is 1.73 bits per heavy atom. The van der Waals surface area contributed by atoms with Crippen molar-refractivity contribution >= 4 is 16.9 Å². The Hall–Kier alpha value is -2.88. The first-order valence-corrected chi connectivity index (χ1v) is 8.78. The second-order valence-electron chi connectivity index (χ2n) is 7.62. The number of rotatable bonds is 4. The van der Waals surface area contributed by atoms with Gasteiger partial charge in [0.25, 0.3) is 5.56 Å². The third-order valence-electron chi connectivity index (χ3n) is 5.54. The fraction of sp³-hybridized carbons (Fsp3) is 0.273. The van der Waals surface area contributed by atoms with E-state index in [9.17, 15) is 9.59 Å². The second-order valence-corrected chi connectivity index (χ2v) is 7.62. The molecule has 26 heavy (non-hydrogen) atoms. The van der Waals surface area contributed by atoms with Gasteiger partial charge < -0.3 is 9.72 Å². The number of benzene rings is 2. The van der Waals surface area contributed by atoms with E-state index < -0.39 is 5.41 Å². The van der Waals surface area contributed by atoms with E-state index in [1.807, 2.05) is 54.6 Å². The summed E-state index contributed by atoms with van der Waals surface area (Å²) in [5.74, 6) is -0.263. The summed E-state index contributed by atoms with van der Waals surface area (Å²) in [4.78, 5) is 28.1. The van der Waals surface area contributed by atoms with Gasteiger partial charge in [0.2, 0.25) is 0 Å². The number of ether oxygens (including phenoxy) is 1. The molecule has 1 heterocycles. The van der Waals surface area contributed by atoms with Crippen LogP contribution in [0.2, 0.25) is 0 Å². The molecule has 3 aromatic rings. The van der Waals surface area contributed by atoms with Crippen LogP contribution in [0.4, 0.5) is 0 Å². The van der Waals surface area contributed by atoms with E-state index in [-0.39, 0.29) is 23.6 Å². The SMILES string of the molecule is CC1(C)CC1(C(=O)OCc1cc2ccccc2[nH]c1=O)c1ccccc1. The van der Waals surface area contributed by atoms with Crippen molar-refractivity contribution in [2.45, 2.75) is 32.3 Å². The molecule has 0 radical (unpaired) electrons. The summed E-state index contributed by atoms with van der Waals surface area (Å²) in [7, 11) is 0. The van der Waals surface area contributed by atoms with Gasteiger partial charge in [0.15, 0.2) is 0 Å². The van der Waals surface area contributed by atoms with Gasteiger partial charge in [0.05, 0.1) is 11.0 Å². The standard InChI is InChI=1S/C22H21NO3/c1-21(2)14-22(21,17-9-4-3-5-10-17)20(25)26-13-16-12-15-8-6-7-11-18(15)23-19(16)24/h3-12H,13-14H2,1-2H3,(H,23,24). The highest BCUT2D eigenvalue weighted by Crippen LogP contribution is 2.64. The molecule has 1 aromatic heterocycles. The minimum Gasteiger partial charge on any atom is -0.460 e. The van der Waals surface area contributed by atoms with E-state index in [1.54, 1.807) is 6.07 Å². The number of para-hydroxylation sites is 1. The van der Waals surface area contributed by atoms with E-state index in [2.05, 4.69) is 18.8 Å². The molecule has 1 saturated carbocycles. The van der Waals surface area contributed by atoms with Crippen LogP contribution in [0.3, 0.4) is 0 Å². The number of hydrogen-bond donors (Lipinski definition) is 1. The number of aromatic nitrogens is 1. The van der Waals surface area contributed by atoms with Crippen molar-refractivity contribution in [2.75, 3.05) is 0 Å². The molecule has 4 heteroatoms. The molecule has 0 spiro atoms. The quantitative estimate of drug-likeness (QED) is 0.727. The van der Waals surface area contributed by atoms with E-state index in [4.69, 9.17) is 4.74 Å². The van der Waals surface area contributed by atoms with Gasteiger partial charge >= 0.3 is 5.97 Å². The Morgan fingerprint density at radius 3 is 2.42 bits per heavy atom. The van der Waals surface area contributed by atoms with Crippen molar-refractivity contribution in [1.29, 1.82) is 0 Å². The summed E-state index contributed by atoms with van der Waals surface area (Å²) >= 11 is 0. The number of carbonyl (C=O) groups is 1. The van der Waals surface area contributed by atoms with Gasteiger partial charge in [-0.15, -0.1) is 0 Å². The average Bonchev–Trinajstić information content (AvgIpc) is 3.24. The predicted octanol–water partition coefficient (Wildman–Crippen LogP) is 3.94. The Bertz CT molecular complexity index is 1040. The molecule has 4 nitrogen and oxygen atoms in total. The molecule has 1 aliphatic rings. The summed E-state index contributed by atoms with van der Waals surface area (Å²) in [6.07, 6.45) is 0.747. The van der Waals surface area contributed by atoms with Gasteiger partial charge in [-0.05, 0) is 34.9 Å². The van der Waals surface area contributed by atoms with Crippen molar-refractivity contribution in [3.05, 3.63) is 82.1 Å². The lowest BCUT2D eigenvalue weighted by Gasteiger charge is -2.19. The molecule has 0 aliphatic heterocycles. The Morgan fingerprint density at radius 1 is 1.08 bits per heavy atom. The molecule has 1 N–H and O–H groups in total. The zero-order chi connectivity index (χ0) is 18.4. The minimum absolute atomic E-state index is 0.0241. The summed E-state index contributed by atoms with van der Waals surface area (Å²) < 4.78 is 5.62. The Kier molecular flexibility index (Phi) is 3.72.